The van der Waals surface area contributed by atoms with Gasteiger partial charge in [-0.15, -0.1) is 0 Å². The van der Waals surface area contributed by atoms with E-state index in [1.807, 2.05) is 25.1 Å². The number of carbonyl (C=O) groups excluding carboxylic acids is 2. The second-order valence-corrected chi connectivity index (χ2v) is 4.88. The highest BCUT2D eigenvalue weighted by Gasteiger charge is 2.19. The van der Waals surface area contributed by atoms with Gasteiger partial charge in [-0.25, -0.2) is 4.79 Å². The summed E-state index contributed by atoms with van der Waals surface area (Å²) in [6, 6.07) is 7.51. The zero-order valence-electron chi connectivity index (χ0n) is 12.8. The standard InChI is InChI=1S/C16H18N2O4/c1-4-12-6-5-7-13(8-12)17-14(19)9-21-16(20)15-10(2)18-22-11(15)3/h5-8H,4,9H2,1-3H3,(H,17,19). The fourth-order valence-corrected chi connectivity index (χ4v) is 2.04. The Kier molecular flexibility index (Phi) is 4.93. The van der Waals surface area contributed by atoms with Gasteiger partial charge in [-0.1, -0.05) is 24.2 Å². The van der Waals surface area contributed by atoms with Gasteiger partial charge in [0.25, 0.3) is 5.91 Å². The number of esters is 1. The van der Waals surface area contributed by atoms with Crippen LogP contribution >= 0.6 is 0 Å². The first-order valence-electron chi connectivity index (χ1n) is 7.00. The fraction of sp³-hybridized carbons (Fsp3) is 0.312. The van der Waals surface area contributed by atoms with Crippen molar-refractivity contribution in [1.82, 2.24) is 5.16 Å². The Morgan fingerprint density at radius 3 is 2.73 bits per heavy atom. The second kappa shape index (κ2) is 6.89. The molecule has 0 bridgehead atoms. The Morgan fingerprint density at radius 2 is 2.09 bits per heavy atom. The SMILES string of the molecule is CCc1cccc(NC(=O)COC(=O)c2c(C)noc2C)c1. The number of benzene rings is 1. The topological polar surface area (TPSA) is 81.4 Å². The average molecular weight is 302 g/mol. The molecular weight excluding hydrogens is 284 g/mol. The Morgan fingerprint density at radius 1 is 1.32 bits per heavy atom. The minimum Gasteiger partial charge on any atom is -0.452 e. The van der Waals surface area contributed by atoms with Crippen molar-refractivity contribution in [3.8, 4) is 0 Å². The zero-order valence-corrected chi connectivity index (χ0v) is 12.8. The predicted molar refractivity (Wildman–Crippen MR) is 80.7 cm³/mol. The lowest BCUT2D eigenvalue weighted by molar-refractivity contribution is -0.119. The van der Waals surface area contributed by atoms with E-state index in [-0.39, 0.29) is 12.2 Å². The van der Waals surface area contributed by atoms with E-state index >= 15 is 0 Å². The normalized spacial score (nSPS) is 10.3. The molecule has 1 aromatic heterocycles. The lowest BCUT2D eigenvalue weighted by Crippen LogP contribution is -2.21. The molecule has 0 saturated heterocycles. The molecule has 6 heteroatoms. The third-order valence-corrected chi connectivity index (χ3v) is 3.19. The van der Waals surface area contributed by atoms with Crippen molar-refractivity contribution in [2.75, 3.05) is 11.9 Å². The summed E-state index contributed by atoms with van der Waals surface area (Å²) in [5, 5.41) is 6.37. The monoisotopic (exact) mass is 302 g/mol. The van der Waals surface area contributed by atoms with Gasteiger partial charge in [0, 0.05) is 5.69 Å². The van der Waals surface area contributed by atoms with Crippen LogP contribution in [0.25, 0.3) is 0 Å². The Hall–Kier alpha value is -2.63. The van der Waals surface area contributed by atoms with Crippen LogP contribution in [0.1, 0.15) is 34.3 Å². The lowest BCUT2D eigenvalue weighted by Gasteiger charge is -2.07. The quantitative estimate of drug-likeness (QED) is 0.859. The van der Waals surface area contributed by atoms with E-state index in [1.54, 1.807) is 19.9 Å². The van der Waals surface area contributed by atoms with Gasteiger partial charge < -0.3 is 14.6 Å². The fourth-order valence-electron chi connectivity index (χ4n) is 2.04. The minimum atomic E-state index is -0.617. The summed E-state index contributed by atoms with van der Waals surface area (Å²) in [5.41, 5.74) is 2.50. The van der Waals surface area contributed by atoms with Crippen LogP contribution in [-0.2, 0) is 16.0 Å². The van der Waals surface area contributed by atoms with Crippen LogP contribution in [0, 0.1) is 13.8 Å². The maximum Gasteiger partial charge on any atom is 0.344 e. The van der Waals surface area contributed by atoms with E-state index in [2.05, 4.69) is 10.5 Å². The molecule has 116 valence electrons. The number of aryl methyl sites for hydroxylation is 3. The predicted octanol–water partition coefficient (Wildman–Crippen LogP) is 2.65. The molecule has 6 nitrogen and oxygen atoms in total. The Labute approximate surface area is 128 Å². The molecule has 2 rings (SSSR count). The summed E-state index contributed by atoms with van der Waals surface area (Å²) >= 11 is 0. The first-order chi connectivity index (χ1) is 10.5. The number of hydrogen-bond donors (Lipinski definition) is 1. The number of amides is 1. The second-order valence-electron chi connectivity index (χ2n) is 4.88. The van der Waals surface area contributed by atoms with Crippen molar-refractivity contribution >= 4 is 17.6 Å². The number of nitrogens with one attached hydrogen (secondary N) is 1. The molecule has 0 aliphatic carbocycles. The van der Waals surface area contributed by atoms with Crippen LogP contribution in [0.5, 0.6) is 0 Å². The van der Waals surface area contributed by atoms with Gasteiger partial charge in [0.1, 0.15) is 11.3 Å². The van der Waals surface area contributed by atoms with E-state index in [0.717, 1.165) is 12.0 Å². The lowest BCUT2D eigenvalue weighted by atomic mass is 10.1. The molecule has 0 spiro atoms. The van der Waals surface area contributed by atoms with E-state index < -0.39 is 11.9 Å². The van der Waals surface area contributed by atoms with Gasteiger partial charge in [-0.3, -0.25) is 4.79 Å². The van der Waals surface area contributed by atoms with Gasteiger partial charge in [0.15, 0.2) is 6.61 Å². The molecule has 0 aliphatic heterocycles. The van der Waals surface area contributed by atoms with Crippen LogP contribution in [0.3, 0.4) is 0 Å². The number of nitrogens with zero attached hydrogens (tertiary/aromatic N) is 1. The van der Waals surface area contributed by atoms with Crippen molar-refractivity contribution in [2.45, 2.75) is 27.2 Å². The van der Waals surface area contributed by atoms with Crippen LogP contribution in [0.15, 0.2) is 28.8 Å². The third-order valence-electron chi connectivity index (χ3n) is 3.19. The zero-order chi connectivity index (χ0) is 16.1. The number of ether oxygens (including phenoxy) is 1. The maximum absolute atomic E-state index is 11.9. The highest BCUT2D eigenvalue weighted by atomic mass is 16.5. The minimum absolute atomic E-state index is 0.265. The van der Waals surface area contributed by atoms with Crippen molar-refractivity contribution < 1.29 is 18.8 Å². The van der Waals surface area contributed by atoms with Crippen molar-refractivity contribution in [3.63, 3.8) is 0 Å². The number of aromatic nitrogens is 1. The molecular formula is C16H18N2O4. The van der Waals surface area contributed by atoms with Crippen molar-refractivity contribution in [2.24, 2.45) is 0 Å². The van der Waals surface area contributed by atoms with Gasteiger partial charge in [0.2, 0.25) is 0 Å². The van der Waals surface area contributed by atoms with Gasteiger partial charge in [-0.05, 0) is 38.0 Å². The smallest absolute Gasteiger partial charge is 0.344 e. The molecule has 1 heterocycles. The summed E-state index contributed by atoms with van der Waals surface area (Å²) in [5.74, 6) is -0.638. The number of anilines is 1. The van der Waals surface area contributed by atoms with Crippen LogP contribution in [0.2, 0.25) is 0 Å². The Bertz CT molecular complexity index is 672. The highest BCUT2D eigenvalue weighted by Crippen LogP contribution is 2.14. The Balaban J connectivity index is 1.91. The van der Waals surface area contributed by atoms with E-state index in [9.17, 15) is 9.59 Å². The average Bonchev–Trinajstić information content (AvgIpc) is 2.84. The summed E-state index contributed by atoms with van der Waals surface area (Å²) in [6.45, 7) is 4.93. The molecule has 0 saturated carbocycles. The van der Waals surface area contributed by atoms with Crippen LogP contribution < -0.4 is 5.32 Å². The van der Waals surface area contributed by atoms with Gasteiger partial charge >= 0.3 is 5.97 Å². The highest BCUT2D eigenvalue weighted by molar-refractivity contribution is 5.96. The van der Waals surface area contributed by atoms with Crippen LogP contribution in [-0.4, -0.2) is 23.6 Å². The van der Waals surface area contributed by atoms with Crippen molar-refractivity contribution in [1.29, 1.82) is 0 Å². The molecule has 2 aromatic rings. The summed E-state index contributed by atoms with van der Waals surface area (Å²) in [6.07, 6.45) is 0.880. The third kappa shape index (κ3) is 3.72. The van der Waals surface area contributed by atoms with E-state index in [0.29, 0.717) is 17.1 Å². The number of carbonyl (C=O) groups is 2. The molecule has 1 aromatic carbocycles. The van der Waals surface area contributed by atoms with E-state index in [1.165, 1.54) is 0 Å². The van der Waals surface area contributed by atoms with Gasteiger partial charge in [0.05, 0.1) is 5.69 Å². The first-order valence-corrected chi connectivity index (χ1v) is 7.00. The molecule has 0 aliphatic rings. The molecule has 0 unspecified atom stereocenters. The number of hydrogen-bond acceptors (Lipinski definition) is 5. The maximum atomic E-state index is 11.9. The summed E-state index contributed by atoms with van der Waals surface area (Å²) in [7, 11) is 0. The molecule has 0 fully saturated rings. The van der Waals surface area contributed by atoms with Gasteiger partial charge in [-0.2, -0.15) is 0 Å². The van der Waals surface area contributed by atoms with Crippen molar-refractivity contribution in [3.05, 3.63) is 46.8 Å². The summed E-state index contributed by atoms with van der Waals surface area (Å²) in [4.78, 5) is 23.7. The summed E-state index contributed by atoms with van der Waals surface area (Å²) < 4.78 is 9.88. The first kappa shape index (κ1) is 15.8. The molecule has 1 amide bonds. The molecule has 1 N–H and O–H groups in total. The van der Waals surface area contributed by atoms with Crippen LogP contribution in [0.4, 0.5) is 5.69 Å². The molecule has 0 radical (unpaired) electrons. The largest absolute Gasteiger partial charge is 0.452 e. The number of rotatable bonds is 5. The molecule has 0 atom stereocenters. The molecule has 22 heavy (non-hydrogen) atoms. The van der Waals surface area contributed by atoms with E-state index in [4.69, 9.17) is 9.26 Å².